The Morgan fingerprint density at radius 1 is 1.40 bits per heavy atom. The maximum Gasteiger partial charge on any atom is 0.0994 e. The first kappa shape index (κ1) is 11.6. The van der Waals surface area contributed by atoms with Crippen molar-refractivity contribution in [2.24, 2.45) is 0 Å². The van der Waals surface area contributed by atoms with Crippen molar-refractivity contribution in [2.75, 3.05) is 11.4 Å². The van der Waals surface area contributed by atoms with E-state index in [1.54, 1.807) is 0 Å². The summed E-state index contributed by atoms with van der Waals surface area (Å²) in [6, 6.07) is 8.69. The van der Waals surface area contributed by atoms with Crippen LogP contribution < -0.4 is 4.90 Å². The lowest BCUT2D eigenvalue weighted by Gasteiger charge is -2.27. The third-order valence-electron chi connectivity index (χ3n) is 2.63. The predicted octanol–water partition coefficient (Wildman–Crippen LogP) is 3.10. The van der Waals surface area contributed by atoms with E-state index in [0.29, 0.717) is 6.04 Å². The molecule has 1 rings (SSSR count). The van der Waals surface area contributed by atoms with Crippen LogP contribution in [0.5, 0.6) is 0 Å². The standard InChI is InChI=1S/C13H18N2/c1-5-15(10(2)3)13-7-6-12(9-14)11(4)8-13/h6-8,10H,5H2,1-4H3. The van der Waals surface area contributed by atoms with Gasteiger partial charge in [0.2, 0.25) is 0 Å². The number of hydrogen-bond acceptors (Lipinski definition) is 2. The third-order valence-corrected chi connectivity index (χ3v) is 2.63. The Hall–Kier alpha value is -1.49. The molecule has 2 nitrogen and oxygen atoms in total. The van der Waals surface area contributed by atoms with Crippen molar-refractivity contribution < 1.29 is 0 Å². The van der Waals surface area contributed by atoms with E-state index in [1.807, 2.05) is 19.1 Å². The Bertz CT molecular complexity index is 375. The van der Waals surface area contributed by atoms with Crippen molar-refractivity contribution in [3.8, 4) is 6.07 Å². The van der Waals surface area contributed by atoms with Gasteiger partial charge in [0, 0.05) is 18.3 Å². The highest BCUT2D eigenvalue weighted by atomic mass is 15.1. The number of benzene rings is 1. The molecular weight excluding hydrogens is 184 g/mol. The van der Waals surface area contributed by atoms with E-state index in [1.165, 1.54) is 5.69 Å². The summed E-state index contributed by atoms with van der Waals surface area (Å²) in [6.07, 6.45) is 0. The molecule has 0 fully saturated rings. The van der Waals surface area contributed by atoms with Crippen LogP contribution in [-0.4, -0.2) is 12.6 Å². The first-order valence-corrected chi connectivity index (χ1v) is 5.37. The summed E-state index contributed by atoms with van der Waals surface area (Å²) in [5.41, 5.74) is 3.01. The van der Waals surface area contributed by atoms with Gasteiger partial charge in [-0.1, -0.05) is 0 Å². The SMILES string of the molecule is CCN(c1ccc(C#N)c(C)c1)C(C)C. The second-order valence-electron chi connectivity index (χ2n) is 3.99. The number of aryl methyl sites for hydroxylation is 1. The number of rotatable bonds is 3. The number of nitrogens with zero attached hydrogens (tertiary/aromatic N) is 2. The molecule has 0 bridgehead atoms. The fourth-order valence-corrected chi connectivity index (χ4v) is 1.80. The van der Waals surface area contributed by atoms with Crippen molar-refractivity contribution in [3.05, 3.63) is 29.3 Å². The summed E-state index contributed by atoms with van der Waals surface area (Å²) in [5.74, 6) is 0. The van der Waals surface area contributed by atoms with Crippen molar-refractivity contribution in [3.63, 3.8) is 0 Å². The average molecular weight is 202 g/mol. The molecule has 2 heteroatoms. The predicted molar refractivity (Wildman–Crippen MR) is 64.1 cm³/mol. The van der Waals surface area contributed by atoms with Gasteiger partial charge in [-0.25, -0.2) is 0 Å². The molecule has 0 saturated heterocycles. The van der Waals surface area contributed by atoms with Crippen LogP contribution in [0.15, 0.2) is 18.2 Å². The Morgan fingerprint density at radius 3 is 2.47 bits per heavy atom. The minimum Gasteiger partial charge on any atom is -0.369 e. The second kappa shape index (κ2) is 4.84. The van der Waals surface area contributed by atoms with Crippen LogP contribution in [0.2, 0.25) is 0 Å². The smallest absolute Gasteiger partial charge is 0.0994 e. The topological polar surface area (TPSA) is 27.0 Å². The van der Waals surface area contributed by atoms with Crippen molar-refractivity contribution in [1.82, 2.24) is 0 Å². The van der Waals surface area contributed by atoms with Crippen LogP contribution in [0.1, 0.15) is 31.9 Å². The molecule has 0 aliphatic heterocycles. The van der Waals surface area contributed by atoms with Gasteiger partial charge < -0.3 is 4.90 Å². The van der Waals surface area contributed by atoms with E-state index < -0.39 is 0 Å². The Balaban J connectivity index is 3.06. The molecule has 0 aliphatic rings. The van der Waals surface area contributed by atoms with E-state index in [2.05, 4.69) is 37.8 Å². The summed E-state index contributed by atoms with van der Waals surface area (Å²) in [4.78, 5) is 2.31. The highest BCUT2D eigenvalue weighted by Gasteiger charge is 2.09. The van der Waals surface area contributed by atoms with Gasteiger partial charge in [-0.2, -0.15) is 5.26 Å². The molecule has 0 N–H and O–H groups in total. The lowest BCUT2D eigenvalue weighted by atomic mass is 10.1. The third kappa shape index (κ3) is 2.50. The number of hydrogen-bond donors (Lipinski definition) is 0. The Kier molecular flexibility index (Phi) is 3.74. The van der Waals surface area contributed by atoms with Crippen LogP contribution in [-0.2, 0) is 0 Å². The highest BCUT2D eigenvalue weighted by molar-refractivity contribution is 5.53. The van der Waals surface area contributed by atoms with Crippen LogP contribution in [0.4, 0.5) is 5.69 Å². The van der Waals surface area contributed by atoms with Gasteiger partial charge in [-0.15, -0.1) is 0 Å². The van der Waals surface area contributed by atoms with Gasteiger partial charge in [0.05, 0.1) is 11.6 Å². The molecule has 0 unspecified atom stereocenters. The van der Waals surface area contributed by atoms with Gasteiger partial charge in [-0.3, -0.25) is 0 Å². The van der Waals surface area contributed by atoms with Crippen LogP contribution in [0, 0.1) is 18.3 Å². The van der Waals surface area contributed by atoms with Crippen LogP contribution in [0.25, 0.3) is 0 Å². The fourth-order valence-electron chi connectivity index (χ4n) is 1.80. The highest BCUT2D eigenvalue weighted by Crippen LogP contribution is 2.20. The zero-order valence-corrected chi connectivity index (χ0v) is 9.91. The van der Waals surface area contributed by atoms with Gasteiger partial charge in [0.15, 0.2) is 0 Å². The molecule has 1 aromatic rings. The van der Waals surface area contributed by atoms with E-state index in [-0.39, 0.29) is 0 Å². The number of anilines is 1. The van der Waals surface area contributed by atoms with Crippen molar-refractivity contribution in [2.45, 2.75) is 33.7 Å². The molecule has 1 aromatic carbocycles. The Morgan fingerprint density at radius 2 is 2.07 bits per heavy atom. The summed E-state index contributed by atoms with van der Waals surface area (Å²) in [6.45, 7) is 9.47. The summed E-state index contributed by atoms with van der Waals surface area (Å²) < 4.78 is 0. The van der Waals surface area contributed by atoms with Crippen molar-refractivity contribution >= 4 is 5.69 Å². The summed E-state index contributed by atoms with van der Waals surface area (Å²) in [7, 11) is 0. The zero-order chi connectivity index (χ0) is 11.4. The molecule has 0 radical (unpaired) electrons. The molecule has 80 valence electrons. The molecule has 15 heavy (non-hydrogen) atoms. The van der Waals surface area contributed by atoms with Gasteiger partial charge in [-0.05, 0) is 51.5 Å². The number of nitriles is 1. The van der Waals surface area contributed by atoms with E-state index >= 15 is 0 Å². The molecule has 0 amide bonds. The minimum atomic E-state index is 0.488. The minimum absolute atomic E-state index is 0.488. The van der Waals surface area contributed by atoms with Crippen LogP contribution in [0.3, 0.4) is 0 Å². The summed E-state index contributed by atoms with van der Waals surface area (Å²) in [5, 5.41) is 8.85. The molecule has 0 atom stereocenters. The lowest BCUT2D eigenvalue weighted by molar-refractivity contribution is 0.703. The average Bonchev–Trinajstić information content (AvgIpc) is 2.18. The van der Waals surface area contributed by atoms with Gasteiger partial charge in [0.1, 0.15) is 0 Å². The van der Waals surface area contributed by atoms with E-state index in [9.17, 15) is 0 Å². The molecule has 0 heterocycles. The van der Waals surface area contributed by atoms with Crippen LogP contribution >= 0.6 is 0 Å². The molecule has 0 spiro atoms. The first-order valence-electron chi connectivity index (χ1n) is 5.37. The monoisotopic (exact) mass is 202 g/mol. The van der Waals surface area contributed by atoms with Crippen molar-refractivity contribution in [1.29, 1.82) is 5.26 Å². The largest absolute Gasteiger partial charge is 0.369 e. The Labute approximate surface area is 92.1 Å². The van der Waals surface area contributed by atoms with Gasteiger partial charge >= 0.3 is 0 Å². The second-order valence-corrected chi connectivity index (χ2v) is 3.99. The van der Waals surface area contributed by atoms with E-state index in [4.69, 9.17) is 5.26 Å². The maximum absolute atomic E-state index is 8.85. The zero-order valence-electron chi connectivity index (χ0n) is 9.91. The molecule has 0 saturated carbocycles. The fraction of sp³-hybridized carbons (Fsp3) is 0.462. The molecule has 0 aliphatic carbocycles. The van der Waals surface area contributed by atoms with Gasteiger partial charge in [0.25, 0.3) is 0 Å². The maximum atomic E-state index is 8.85. The molecular formula is C13H18N2. The summed E-state index contributed by atoms with van der Waals surface area (Å²) >= 11 is 0. The first-order chi connectivity index (χ1) is 7.10. The lowest BCUT2D eigenvalue weighted by Crippen LogP contribution is -2.30. The molecule has 0 aromatic heterocycles. The van der Waals surface area contributed by atoms with E-state index in [0.717, 1.165) is 17.7 Å². The quantitative estimate of drug-likeness (QED) is 0.753. The normalized spacial score (nSPS) is 10.1.